The number of aromatic nitrogens is 1. The number of hydrogen-bond donors (Lipinski definition) is 1. The van der Waals surface area contributed by atoms with Gasteiger partial charge in [0, 0.05) is 12.2 Å². The number of ether oxygens (including phenoxy) is 1. The zero-order valence-corrected chi connectivity index (χ0v) is 12.3. The Hall–Kier alpha value is -1.87. The summed E-state index contributed by atoms with van der Waals surface area (Å²) in [6.07, 6.45) is 4.36. The van der Waals surface area contributed by atoms with Gasteiger partial charge < -0.3 is 10.5 Å². The highest BCUT2D eigenvalue weighted by Gasteiger charge is 2.04. The molecular formula is C17H22N2O. The van der Waals surface area contributed by atoms with Crippen molar-refractivity contribution in [1.29, 1.82) is 0 Å². The number of rotatable bonds is 5. The molecule has 0 bridgehead atoms. The number of nitrogens with zero attached hydrogens (tertiary/aromatic N) is 1. The predicted octanol–water partition coefficient (Wildman–Crippen LogP) is 3.89. The average molecular weight is 270 g/mol. The molecule has 3 nitrogen and oxygen atoms in total. The fourth-order valence-corrected chi connectivity index (χ4v) is 2.08. The molecule has 1 heterocycles. The minimum absolute atomic E-state index is 0.122. The van der Waals surface area contributed by atoms with Crippen LogP contribution in [0.2, 0.25) is 0 Å². The maximum atomic E-state index is 5.89. The normalized spacial score (nSPS) is 12.4. The molecule has 0 aliphatic rings. The molecule has 0 amide bonds. The number of hydrogen-bond acceptors (Lipinski definition) is 3. The lowest BCUT2D eigenvalue weighted by Gasteiger charge is -2.11. The maximum Gasteiger partial charge on any atom is 0.145 e. The van der Waals surface area contributed by atoms with Crippen LogP contribution in [0.25, 0.3) is 0 Å². The molecule has 0 spiro atoms. The summed E-state index contributed by atoms with van der Waals surface area (Å²) in [5.41, 5.74) is 8.17. The van der Waals surface area contributed by atoms with Crippen LogP contribution >= 0.6 is 0 Å². The Morgan fingerprint density at radius 3 is 2.60 bits per heavy atom. The van der Waals surface area contributed by atoms with Gasteiger partial charge in [0.05, 0.1) is 6.20 Å². The fourth-order valence-electron chi connectivity index (χ4n) is 2.08. The Balaban J connectivity index is 2.15. The van der Waals surface area contributed by atoms with Crippen LogP contribution in [0.1, 0.15) is 37.8 Å². The lowest BCUT2D eigenvalue weighted by molar-refractivity contribution is 0.478. The Morgan fingerprint density at radius 1 is 1.10 bits per heavy atom. The van der Waals surface area contributed by atoms with Gasteiger partial charge in [-0.05, 0) is 48.6 Å². The van der Waals surface area contributed by atoms with Gasteiger partial charge in [0.1, 0.15) is 11.5 Å². The van der Waals surface area contributed by atoms with Gasteiger partial charge in [-0.3, -0.25) is 4.98 Å². The molecule has 2 N–H and O–H groups in total. The summed E-state index contributed by atoms with van der Waals surface area (Å²) in [4.78, 5) is 4.21. The third kappa shape index (κ3) is 4.07. The number of nitrogens with two attached hydrogens (primary N) is 1. The Bertz CT molecular complexity index is 564. The maximum absolute atomic E-state index is 5.89. The van der Waals surface area contributed by atoms with Gasteiger partial charge in [0.25, 0.3) is 0 Å². The largest absolute Gasteiger partial charge is 0.456 e. The summed E-state index contributed by atoms with van der Waals surface area (Å²) in [7, 11) is 0. The van der Waals surface area contributed by atoms with Crippen molar-refractivity contribution in [1.82, 2.24) is 4.98 Å². The van der Waals surface area contributed by atoms with E-state index in [9.17, 15) is 0 Å². The van der Waals surface area contributed by atoms with Crippen molar-refractivity contribution in [2.75, 3.05) is 0 Å². The first kappa shape index (κ1) is 14.5. The first-order valence-corrected chi connectivity index (χ1v) is 7.02. The summed E-state index contributed by atoms with van der Waals surface area (Å²) in [5, 5.41) is 0. The highest BCUT2D eigenvalue weighted by Crippen LogP contribution is 2.25. The highest BCUT2D eigenvalue weighted by atomic mass is 16.5. The fraction of sp³-hybridized carbons (Fsp3) is 0.353. The highest BCUT2D eigenvalue weighted by molar-refractivity contribution is 5.35. The molecule has 0 fully saturated rings. The third-order valence-corrected chi connectivity index (χ3v) is 3.09. The second kappa shape index (κ2) is 6.53. The van der Waals surface area contributed by atoms with E-state index in [4.69, 9.17) is 10.5 Å². The van der Waals surface area contributed by atoms with Gasteiger partial charge in [-0.25, -0.2) is 0 Å². The van der Waals surface area contributed by atoms with Gasteiger partial charge in [-0.2, -0.15) is 0 Å². The van der Waals surface area contributed by atoms with E-state index in [1.165, 1.54) is 5.56 Å². The van der Waals surface area contributed by atoms with E-state index in [1.807, 2.05) is 31.3 Å². The van der Waals surface area contributed by atoms with Crippen molar-refractivity contribution in [2.24, 2.45) is 5.73 Å². The smallest absolute Gasteiger partial charge is 0.145 e. The van der Waals surface area contributed by atoms with Gasteiger partial charge in [-0.1, -0.05) is 26.0 Å². The van der Waals surface area contributed by atoms with E-state index < -0.39 is 0 Å². The van der Waals surface area contributed by atoms with Crippen molar-refractivity contribution in [2.45, 2.75) is 39.2 Å². The molecule has 0 saturated heterocycles. The van der Waals surface area contributed by atoms with Crippen molar-refractivity contribution in [3.05, 3.63) is 53.9 Å². The molecule has 0 aliphatic carbocycles. The van der Waals surface area contributed by atoms with E-state index in [2.05, 4.69) is 31.0 Å². The van der Waals surface area contributed by atoms with Crippen LogP contribution in [0.3, 0.4) is 0 Å². The standard InChI is InChI=1S/C17H22N2O/c1-12(2)15-5-4-6-16(9-15)20-17-8-14(7-13(3)18)10-19-11-17/h4-6,8-13H,7,18H2,1-3H3. The minimum atomic E-state index is 0.122. The first-order valence-electron chi connectivity index (χ1n) is 7.02. The molecule has 106 valence electrons. The molecule has 0 radical (unpaired) electrons. The van der Waals surface area contributed by atoms with Crippen molar-refractivity contribution in [3.63, 3.8) is 0 Å². The van der Waals surface area contributed by atoms with Gasteiger partial charge in [0.2, 0.25) is 0 Å². The Kier molecular flexibility index (Phi) is 4.74. The Morgan fingerprint density at radius 2 is 1.90 bits per heavy atom. The Labute approximate surface area is 120 Å². The van der Waals surface area contributed by atoms with E-state index in [-0.39, 0.29) is 6.04 Å². The molecule has 1 aromatic carbocycles. The summed E-state index contributed by atoms with van der Waals surface area (Å²) < 4.78 is 5.89. The lowest BCUT2D eigenvalue weighted by atomic mass is 10.0. The molecule has 2 aromatic rings. The average Bonchev–Trinajstić information content (AvgIpc) is 2.38. The van der Waals surface area contributed by atoms with E-state index >= 15 is 0 Å². The zero-order chi connectivity index (χ0) is 14.5. The SMILES string of the molecule is CC(N)Cc1cncc(Oc2cccc(C(C)C)c2)c1. The monoisotopic (exact) mass is 270 g/mol. The van der Waals surface area contributed by atoms with Crippen molar-refractivity contribution in [3.8, 4) is 11.5 Å². The van der Waals surface area contributed by atoms with Crippen molar-refractivity contribution >= 4 is 0 Å². The van der Waals surface area contributed by atoms with Gasteiger partial charge in [-0.15, -0.1) is 0 Å². The van der Waals surface area contributed by atoms with E-state index in [0.29, 0.717) is 5.92 Å². The second-order valence-electron chi connectivity index (χ2n) is 5.54. The van der Waals surface area contributed by atoms with E-state index in [0.717, 1.165) is 23.5 Å². The quantitative estimate of drug-likeness (QED) is 0.896. The molecule has 20 heavy (non-hydrogen) atoms. The summed E-state index contributed by atoms with van der Waals surface area (Å²) in [6.45, 7) is 6.33. The lowest BCUT2D eigenvalue weighted by Crippen LogP contribution is -2.17. The molecular weight excluding hydrogens is 248 g/mol. The summed E-state index contributed by atoms with van der Waals surface area (Å²) in [5.74, 6) is 2.08. The van der Waals surface area contributed by atoms with Crippen LogP contribution < -0.4 is 10.5 Å². The minimum Gasteiger partial charge on any atom is -0.456 e. The van der Waals surface area contributed by atoms with Crippen LogP contribution in [-0.4, -0.2) is 11.0 Å². The van der Waals surface area contributed by atoms with Crippen LogP contribution in [-0.2, 0) is 6.42 Å². The summed E-state index contributed by atoms with van der Waals surface area (Å²) >= 11 is 0. The topological polar surface area (TPSA) is 48.1 Å². The van der Waals surface area contributed by atoms with Crippen molar-refractivity contribution < 1.29 is 4.74 Å². The third-order valence-electron chi connectivity index (χ3n) is 3.09. The number of benzene rings is 1. The molecule has 0 aliphatic heterocycles. The predicted molar refractivity (Wildman–Crippen MR) is 82.2 cm³/mol. The molecule has 1 unspecified atom stereocenters. The second-order valence-corrected chi connectivity index (χ2v) is 5.54. The summed E-state index contributed by atoms with van der Waals surface area (Å²) in [6, 6.07) is 10.3. The van der Waals surface area contributed by atoms with Gasteiger partial charge >= 0.3 is 0 Å². The first-order chi connectivity index (χ1) is 9.54. The van der Waals surface area contributed by atoms with Crippen LogP contribution in [0.15, 0.2) is 42.7 Å². The molecule has 2 rings (SSSR count). The zero-order valence-electron chi connectivity index (χ0n) is 12.3. The van der Waals surface area contributed by atoms with Crippen LogP contribution in [0, 0.1) is 0 Å². The number of pyridine rings is 1. The molecule has 1 aromatic heterocycles. The van der Waals surface area contributed by atoms with E-state index in [1.54, 1.807) is 6.20 Å². The molecule has 1 atom stereocenters. The van der Waals surface area contributed by atoms with Crippen LogP contribution in [0.4, 0.5) is 0 Å². The molecule has 3 heteroatoms. The van der Waals surface area contributed by atoms with Crippen LogP contribution in [0.5, 0.6) is 11.5 Å². The molecule has 0 saturated carbocycles. The van der Waals surface area contributed by atoms with Gasteiger partial charge in [0.15, 0.2) is 0 Å².